The second-order valence-corrected chi connectivity index (χ2v) is 8.33. The summed E-state index contributed by atoms with van der Waals surface area (Å²) in [6, 6.07) is 9.39. The Hall–Kier alpha value is -3.19. The lowest BCUT2D eigenvalue weighted by Crippen LogP contribution is -2.21. The molecule has 2 N–H and O–H groups in total. The SMILES string of the molecule is Cc1cccc(NC(=O)c2oc3c(c2C)/C(=N/NC(=O)c2cccs2)CCC3)c1C. The molecule has 1 aliphatic carbocycles. The van der Waals surface area contributed by atoms with Gasteiger partial charge in [0.2, 0.25) is 0 Å². The number of benzene rings is 1. The molecule has 0 unspecified atom stereocenters. The molecule has 0 saturated carbocycles. The Morgan fingerprint density at radius 1 is 1.03 bits per heavy atom. The van der Waals surface area contributed by atoms with Gasteiger partial charge in [-0.15, -0.1) is 11.3 Å². The highest BCUT2D eigenvalue weighted by Crippen LogP contribution is 2.30. The highest BCUT2D eigenvalue weighted by Gasteiger charge is 2.28. The van der Waals surface area contributed by atoms with E-state index >= 15 is 0 Å². The molecule has 4 rings (SSSR count). The number of aryl methyl sites for hydroxylation is 2. The van der Waals surface area contributed by atoms with Crippen LogP contribution in [0.2, 0.25) is 0 Å². The Morgan fingerprint density at radius 3 is 2.63 bits per heavy atom. The number of carbonyl (C=O) groups is 2. The van der Waals surface area contributed by atoms with Gasteiger partial charge in [-0.3, -0.25) is 9.59 Å². The number of nitrogens with one attached hydrogen (secondary N) is 2. The number of fused-ring (bicyclic) bond motifs is 1. The number of rotatable bonds is 4. The third-order valence-corrected chi connectivity index (χ3v) is 6.29. The van der Waals surface area contributed by atoms with E-state index in [-0.39, 0.29) is 11.8 Å². The number of nitrogens with zero attached hydrogens (tertiary/aromatic N) is 1. The Balaban J connectivity index is 1.59. The molecular weight excluding hydrogens is 398 g/mol. The normalized spacial score (nSPS) is 14.4. The molecule has 1 aromatic carbocycles. The van der Waals surface area contributed by atoms with Crippen LogP contribution in [0.25, 0.3) is 0 Å². The van der Waals surface area contributed by atoms with Crippen molar-refractivity contribution < 1.29 is 14.0 Å². The van der Waals surface area contributed by atoms with Crippen LogP contribution in [0.3, 0.4) is 0 Å². The third-order valence-electron chi connectivity index (χ3n) is 5.42. The summed E-state index contributed by atoms with van der Waals surface area (Å²) in [7, 11) is 0. The molecule has 1 aliphatic rings. The summed E-state index contributed by atoms with van der Waals surface area (Å²) in [4.78, 5) is 25.8. The van der Waals surface area contributed by atoms with E-state index in [1.165, 1.54) is 11.3 Å². The summed E-state index contributed by atoms with van der Waals surface area (Å²) in [5.41, 5.74) is 7.86. The monoisotopic (exact) mass is 421 g/mol. The number of hydrogen-bond donors (Lipinski definition) is 2. The van der Waals surface area contributed by atoms with Crippen molar-refractivity contribution in [3.8, 4) is 0 Å². The molecule has 0 saturated heterocycles. The number of carbonyl (C=O) groups excluding carboxylic acids is 2. The number of hydrogen-bond acceptors (Lipinski definition) is 5. The summed E-state index contributed by atoms with van der Waals surface area (Å²) in [6.45, 7) is 5.85. The first kappa shape index (κ1) is 20.1. The van der Waals surface area contributed by atoms with Gasteiger partial charge in [-0.1, -0.05) is 18.2 Å². The Labute approximate surface area is 179 Å². The lowest BCUT2D eigenvalue weighted by Gasteiger charge is -2.13. The fourth-order valence-corrected chi connectivity index (χ4v) is 4.26. The fourth-order valence-electron chi connectivity index (χ4n) is 3.64. The van der Waals surface area contributed by atoms with Crippen LogP contribution in [0.5, 0.6) is 0 Å². The van der Waals surface area contributed by atoms with Crippen molar-refractivity contribution in [1.82, 2.24) is 5.43 Å². The van der Waals surface area contributed by atoms with Crippen molar-refractivity contribution in [3.63, 3.8) is 0 Å². The predicted molar refractivity (Wildman–Crippen MR) is 119 cm³/mol. The average molecular weight is 422 g/mol. The zero-order valence-corrected chi connectivity index (χ0v) is 18.0. The zero-order valence-electron chi connectivity index (χ0n) is 17.2. The van der Waals surface area contributed by atoms with Gasteiger partial charge in [0.1, 0.15) is 5.76 Å². The second-order valence-electron chi connectivity index (χ2n) is 7.39. The Kier molecular flexibility index (Phi) is 5.55. The first-order valence-corrected chi connectivity index (χ1v) is 10.7. The van der Waals surface area contributed by atoms with Crippen LogP contribution in [0.15, 0.2) is 45.2 Å². The van der Waals surface area contributed by atoms with Crippen molar-refractivity contribution in [2.75, 3.05) is 5.32 Å². The maximum Gasteiger partial charge on any atom is 0.291 e. The van der Waals surface area contributed by atoms with Gasteiger partial charge in [0.05, 0.1) is 10.6 Å². The molecule has 2 aromatic heterocycles. The molecule has 0 spiro atoms. The standard InChI is InChI=1S/C23H23N3O3S/c1-13-7-4-8-16(14(13)2)24-23(28)21-15(3)20-17(9-5-10-18(20)29-21)25-26-22(27)19-11-6-12-30-19/h4,6-8,11-12H,5,9-10H2,1-3H3,(H,24,28)(H,26,27)/b25-17+. The van der Waals surface area contributed by atoms with Gasteiger partial charge in [-0.25, -0.2) is 5.43 Å². The topological polar surface area (TPSA) is 83.7 Å². The molecule has 0 atom stereocenters. The molecule has 154 valence electrons. The number of hydrazone groups is 1. The van der Waals surface area contributed by atoms with Crippen molar-refractivity contribution in [2.24, 2.45) is 5.10 Å². The minimum absolute atomic E-state index is 0.237. The summed E-state index contributed by atoms with van der Waals surface area (Å²) in [6.07, 6.45) is 2.31. The fraction of sp³-hybridized carbons (Fsp3) is 0.261. The predicted octanol–water partition coefficient (Wildman–Crippen LogP) is 4.99. The average Bonchev–Trinajstić information content (AvgIpc) is 3.38. The van der Waals surface area contributed by atoms with Crippen molar-refractivity contribution in [1.29, 1.82) is 0 Å². The molecule has 7 heteroatoms. The van der Waals surface area contributed by atoms with E-state index in [9.17, 15) is 9.59 Å². The molecule has 30 heavy (non-hydrogen) atoms. The Morgan fingerprint density at radius 2 is 1.87 bits per heavy atom. The van der Waals surface area contributed by atoms with Crippen LogP contribution in [0, 0.1) is 20.8 Å². The quantitative estimate of drug-likeness (QED) is 0.582. The molecule has 2 amide bonds. The maximum atomic E-state index is 12.9. The van der Waals surface area contributed by atoms with Gasteiger partial charge in [0.15, 0.2) is 5.76 Å². The molecule has 0 bridgehead atoms. The minimum Gasteiger partial charge on any atom is -0.455 e. The molecule has 0 aliphatic heterocycles. The van der Waals surface area contributed by atoms with Gasteiger partial charge in [-0.2, -0.15) is 5.10 Å². The lowest BCUT2D eigenvalue weighted by atomic mass is 9.93. The van der Waals surface area contributed by atoms with E-state index in [1.54, 1.807) is 6.07 Å². The van der Waals surface area contributed by atoms with Gasteiger partial charge in [-0.05, 0) is 62.3 Å². The number of thiophene rings is 1. The molecular formula is C23H23N3O3S. The van der Waals surface area contributed by atoms with Crippen LogP contribution in [-0.4, -0.2) is 17.5 Å². The largest absolute Gasteiger partial charge is 0.455 e. The van der Waals surface area contributed by atoms with E-state index < -0.39 is 0 Å². The number of amides is 2. The maximum absolute atomic E-state index is 12.9. The minimum atomic E-state index is -0.280. The molecule has 0 radical (unpaired) electrons. The first-order chi connectivity index (χ1) is 14.5. The molecule has 2 heterocycles. The smallest absolute Gasteiger partial charge is 0.291 e. The summed E-state index contributed by atoms with van der Waals surface area (Å²) in [5.74, 6) is 0.519. The van der Waals surface area contributed by atoms with Gasteiger partial charge < -0.3 is 9.73 Å². The van der Waals surface area contributed by atoms with Crippen molar-refractivity contribution in [2.45, 2.75) is 40.0 Å². The van der Waals surface area contributed by atoms with E-state index in [4.69, 9.17) is 4.42 Å². The number of furan rings is 1. The van der Waals surface area contributed by atoms with E-state index in [0.717, 1.165) is 58.7 Å². The highest BCUT2D eigenvalue weighted by molar-refractivity contribution is 7.12. The highest BCUT2D eigenvalue weighted by atomic mass is 32.1. The summed E-state index contributed by atoms with van der Waals surface area (Å²) >= 11 is 1.36. The second kappa shape index (κ2) is 8.28. The number of anilines is 1. The van der Waals surface area contributed by atoms with Gasteiger partial charge >= 0.3 is 0 Å². The first-order valence-electron chi connectivity index (χ1n) is 9.86. The summed E-state index contributed by atoms with van der Waals surface area (Å²) in [5, 5.41) is 9.16. The van der Waals surface area contributed by atoms with E-state index in [0.29, 0.717) is 10.6 Å². The zero-order chi connectivity index (χ0) is 21.3. The Bertz CT molecular complexity index is 1140. The summed E-state index contributed by atoms with van der Waals surface area (Å²) < 4.78 is 5.95. The van der Waals surface area contributed by atoms with Crippen LogP contribution in [0.1, 0.15) is 61.1 Å². The molecule has 3 aromatic rings. The van der Waals surface area contributed by atoms with Crippen molar-refractivity contribution >= 4 is 34.6 Å². The van der Waals surface area contributed by atoms with Gasteiger partial charge in [0, 0.05) is 23.2 Å². The van der Waals surface area contributed by atoms with Crippen LogP contribution in [-0.2, 0) is 6.42 Å². The molecule has 0 fully saturated rings. The van der Waals surface area contributed by atoms with E-state index in [2.05, 4.69) is 15.8 Å². The van der Waals surface area contributed by atoms with E-state index in [1.807, 2.05) is 50.4 Å². The third kappa shape index (κ3) is 3.80. The molecule has 6 nitrogen and oxygen atoms in total. The van der Waals surface area contributed by atoms with Gasteiger partial charge in [0.25, 0.3) is 11.8 Å². The van der Waals surface area contributed by atoms with Crippen LogP contribution < -0.4 is 10.7 Å². The van der Waals surface area contributed by atoms with Crippen LogP contribution >= 0.6 is 11.3 Å². The van der Waals surface area contributed by atoms with Crippen LogP contribution in [0.4, 0.5) is 5.69 Å². The lowest BCUT2D eigenvalue weighted by molar-refractivity contribution is 0.0957. The van der Waals surface area contributed by atoms with Crippen molar-refractivity contribution in [3.05, 3.63) is 74.4 Å².